The number of thiazole rings is 1. The standard InChI is InChI=1S/C12H19N3O2S/c13-7-11-14-10(8-18-11)12(17)15(5-2-6-16)9-3-1-4-9/h8-9,16H,1-7,13H2. The zero-order chi connectivity index (χ0) is 13.0. The van der Waals surface area contributed by atoms with Crippen LogP contribution >= 0.6 is 11.3 Å². The van der Waals surface area contributed by atoms with E-state index in [1.807, 2.05) is 4.90 Å². The topological polar surface area (TPSA) is 79.5 Å². The first kappa shape index (κ1) is 13.5. The van der Waals surface area contributed by atoms with E-state index in [0.717, 1.165) is 17.8 Å². The summed E-state index contributed by atoms with van der Waals surface area (Å²) < 4.78 is 0. The van der Waals surface area contributed by atoms with Gasteiger partial charge in [0.25, 0.3) is 5.91 Å². The SMILES string of the molecule is NCc1nc(C(=O)N(CCCO)C2CCC2)cs1. The number of aromatic nitrogens is 1. The first-order chi connectivity index (χ1) is 8.76. The van der Waals surface area contributed by atoms with Crippen molar-refractivity contribution in [2.24, 2.45) is 5.73 Å². The lowest BCUT2D eigenvalue weighted by Gasteiger charge is -2.37. The first-order valence-electron chi connectivity index (χ1n) is 6.32. The Balaban J connectivity index is 2.06. The lowest BCUT2D eigenvalue weighted by atomic mass is 9.91. The molecule has 100 valence electrons. The molecule has 0 atom stereocenters. The highest BCUT2D eigenvalue weighted by Crippen LogP contribution is 2.26. The highest BCUT2D eigenvalue weighted by atomic mass is 32.1. The van der Waals surface area contributed by atoms with Crippen LogP contribution in [0.1, 0.15) is 41.2 Å². The number of hydrogen-bond donors (Lipinski definition) is 2. The van der Waals surface area contributed by atoms with E-state index in [-0.39, 0.29) is 12.5 Å². The second-order valence-electron chi connectivity index (χ2n) is 4.49. The van der Waals surface area contributed by atoms with Gasteiger partial charge in [-0.25, -0.2) is 4.98 Å². The van der Waals surface area contributed by atoms with Crippen LogP contribution in [0.5, 0.6) is 0 Å². The predicted octanol–water partition coefficient (Wildman–Crippen LogP) is 0.979. The number of aliphatic hydroxyl groups is 1. The van der Waals surface area contributed by atoms with Gasteiger partial charge in [-0.3, -0.25) is 4.79 Å². The fourth-order valence-electron chi connectivity index (χ4n) is 2.04. The maximum Gasteiger partial charge on any atom is 0.273 e. The van der Waals surface area contributed by atoms with Crippen molar-refractivity contribution >= 4 is 17.2 Å². The molecule has 0 saturated heterocycles. The van der Waals surface area contributed by atoms with Crippen LogP contribution in [-0.4, -0.2) is 40.1 Å². The van der Waals surface area contributed by atoms with Crippen molar-refractivity contribution < 1.29 is 9.90 Å². The molecule has 0 unspecified atom stereocenters. The molecule has 18 heavy (non-hydrogen) atoms. The molecule has 1 aromatic rings. The highest BCUT2D eigenvalue weighted by Gasteiger charge is 2.29. The minimum atomic E-state index is -0.0240. The molecule has 0 aliphatic heterocycles. The van der Waals surface area contributed by atoms with E-state index in [1.165, 1.54) is 17.8 Å². The van der Waals surface area contributed by atoms with Crippen LogP contribution in [0.15, 0.2) is 5.38 Å². The molecule has 1 aromatic heterocycles. The van der Waals surface area contributed by atoms with E-state index < -0.39 is 0 Å². The Morgan fingerprint density at radius 3 is 2.89 bits per heavy atom. The second kappa shape index (κ2) is 6.26. The molecule has 0 radical (unpaired) electrons. The van der Waals surface area contributed by atoms with Crippen LogP contribution in [0.2, 0.25) is 0 Å². The van der Waals surface area contributed by atoms with Gasteiger partial charge in [-0.05, 0) is 25.7 Å². The van der Waals surface area contributed by atoms with Gasteiger partial charge in [0.05, 0.1) is 0 Å². The van der Waals surface area contributed by atoms with E-state index >= 15 is 0 Å². The predicted molar refractivity (Wildman–Crippen MR) is 70.4 cm³/mol. The molecule has 1 amide bonds. The third kappa shape index (κ3) is 2.88. The third-order valence-electron chi connectivity index (χ3n) is 3.28. The molecule has 1 fully saturated rings. The van der Waals surface area contributed by atoms with Crippen molar-refractivity contribution in [1.29, 1.82) is 0 Å². The normalized spacial score (nSPS) is 15.4. The zero-order valence-corrected chi connectivity index (χ0v) is 11.2. The number of carbonyl (C=O) groups excluding carboxylic acids is 1. The molecule has 6 heteroatoms. The number of rotatable bonds is 6. The Morgan fingerprint density at radius 1 is 1.61 bits per heavy atom. The van der Waals surface area contributed by atoms with Gasteiger partial charge in [0, 0.05) is 31.1 Å². The van der Waals surface area contributed by atoms with Gasteiger partial charge in [0.15, 0.2) is 0 Å². The Morgan fingerprint density at radius 2 is 2.39 bits per heavy atom. The molecular formula is C12H19N3O2S. The Bertz CT molecular complexity index is 404. The number of amides is 1. The number of nitrogens with zero attached hydrogens (tertiary/aromatic N) is 2. The molecule has 1 heterocycles. The van der Waals surface area contributed by atoms with Crippen LogP contribution in [-0.2, 0) is 6.54 Å². The number of nitrogens with two attached hydrogens (primary N) is 1. The molecule has 1 aliphatic rings. The summed E-state index contributed by atoms with van der Waals surface area (Å²) in [6.07, 6.45) is 3.92. The van der Waals surface area contributed by atoms with Crippen LogP contribution < -0.4 is 5.73 Å². The Hall–Kier alpha value is -0.980. The second-order valence-corrected chi connectivity index (χ2v) is 5.43. The van der Waals surface area contributed by atoms with Crippen LogP contribution in [0.25, 0.3) is 0 Å². The van der Waals surface area contributed by atoms with Crippen LogP contribution in [0.3, 0.4) is 0 Å². The van der Waals surface area contributed by atoms with Crippen molar-refractivity contribution in [2.45, 2.75) is 38.3 Å². The Kier molecular flexibility index (Phi) is 4.68. The quantitative estimate of drug-likeness (QED) is 0.807. The number of hydrogen-bond acceptors (Lipinski definition) is 5. The zero-order valence-electron chi connectivity index (χ0n) is 10.3. The van der Waals surface area contributed by atoms with Gasteiger partial charge in [0.1, 0.15) is 10.7 Å². The van der Waals surface area contributed by atoms with Crippen molar-refractivity contribution in [2.75, 3.05) is 13.2 Å². The smallest absolute Gasteiger partial charge is 0.273 e. The maximum absolute atomic E-state index is 12.4. The van der Waals surface area contributed by atoms with E-state index in [9.17, 15) is 4.79 Å². The van der Waals surface area contributed by atoms with Gasteiger partial charge in [-0.15, -0.1) is 11.3 Å². The average molecular weight is 269 g/mol. The van der Waals surface area contributed by atoms with Gasteiger partial charge in [0.2, 0.25) is 0 Å². The lowest BCUT2D eigenvalue weighted by molar-refractivity contribution is 0.0557. The fourth-order valence-corrected chi connectivity index (χ4v) is 2.69. The minimum absolute atomic E-state index is 0.0240. The third-order valence-corrected chi connectivity index (χ3v) is 4.15. The number of carbonyl (C=O) groups is 1. The summed E-state index contributed by atoms with van der Waals surface area (Å²) in [5, 5.41) is 11.5. The first-order valence-corrected chi connectivity index (χ1v) is 7.20. The molecular weight excluding hydrogens is 250 g/mol. The molecule has 2 rings (SSSR count). The van der Waals surface area contributed by atoms with Gasteiger partial charge in [-0.1, -0.05) is 0 Å². The summed E-state index contributed by atoms with van der Waals surface area (Å²) in [5.74, 6) is -0.0240. The van der Waals surface area contributed by atoms with Crippen molar-refractivity contribution in [3.63, 3.8) is 0 Å². The van der Waals surface area contributed by atoms with E-state index in [0.29, 0.717) is 31.2 Å². The fraction of sp³-hybridized carbons (Fsp3) is 0.667. The van der Waals surface area contributed by atoms with Gasteiger partial charge < -0.3 is 15.7 Å². The molecule has 0 spiro atoms. The summed E-state index contributed by atoms with van der Waals surface area (Å²) in [7, 11) is 0. The van der Waals surface area contributed by atoms with Crippen molar-refractivity contribution in [1.82, 2.24) is 9.88 Å². The van der Waals surface area contributed by atoms with E-state index in [2.05, 4.69) is 4.98 Å². The molecule has 3 N–H and O–H groups in total. The van der Waals surface area contributed by atoms with Crippen LogP contribution in [0, 0.1) is 0 Å². The summed E-state index contributed by atoms with van der Waals surface area (Å²) in [5.41, 5.74) is 6.00. The minimum Gasteiger partial charge on any atom is -0.396 e. The maximum atomic E-state index is 12.4. The summed E-state index contributed by atoms with van der Waals surface area (Å²) >= 11 is 1.42. The van der Waals surface area contributed by atoms with Crippen molar-refractivity contribution in [3.8, 4) is 0 Å². The highest BCUT2D eigenvalue weighted by molar-refractivity contribution is 7.09. The Labute approximate surface area is 111 Å². The molecule has 0 aromatic carbocycles. The van der Waals surface area contributed by atoms with E-state index in [1.54, 1.807) is 5.38 Å². The largest absolute Gasteiger partial charge is 0.396 e. The van der Waals surface area contributed by atoms with Gasteiger partial charge in [-0.2, -0.15) is 0 Å². The van der Waals surface area contributed by atoms with Crippen LogP contribution in [0.4, 0.5) is 0 Å². The lowest BCUT2D eigenvalue weighted by Crippen LogP contribution is -2.45. The van der Waals surface area contributed by atoms with E-state index in [4.69, 9.17) is 10.8 Å². The molecule has 1 saturated carbocycles. The average Bonchev–Trinajstić information content (AvgIpc) is 2.79. The number of aliphatic hydroxyl groups excluding tert-OH is 1. The molecule has 5 nitrogen and oxygen atoms in total. The monoisotopic (exact) mass is 269 g/mol. The summed E-state index contributed by atoms with van der Waals surface area (Å²) in [4.78, 5) is 18.5. The molecule has 0 bridgehead atoms. The van der Waals surface area contributed by atoms with Gasteiger partial charge >= 0.3 is 0 Å². The summed E-state index contributed by atoms with van der Waals surface area (Å²) in [6.45, 7) is 1.09. The van der Waals surface area contributed by atoms with Crippen molar-refractivity contribution in [3.05, 3.63) is 16.1 Å². The molecule has 1 aliphatic carbocycles. The summed E-state index contributed by atoms with van der Waals surface area (Å²) in [6, 6.07) is 0.326.